The Labute approximate surface area is 336 Å². The molecule has 1 aliphatic rings. The maximum Gasteiger partial charge on any atom is 0.155 e. The van der Waals surface area contributed by atoms with Gasteiger partial charge < -0.3 is 8.83 Å². The summed E-state index contributed by atoms with van der Waals surface area (Å²) in [5, 5.41) is 4.32. The Balaban J connectivity index is 1.01. The lowest BCUT2D eigenvalue weighted by atomic mass is 9.82. The Morgan fingerprint density at radius 3 is 1.62 bits per heavy atom. The van der Waals surface area contributed by atoms with Crippen molar-refractivity contribution in [1.29, 1.82) is 0 Å². The van der Waals surface area contributed by atoms with Crippen LogP contribution in [0.3, 0.4) is 0 Å². The van der Waals surface area contributed by atoms with Gasteiger partial charge in [0, 0.05) is 44.2 Å². The zero-order valence-corrected chi connectivity index (χ0v) is 32.0. The normalized spacial score (nSPS) is 15.6. The van der Waals surface area contributed by atoms with Crippen LogP contribution in [0.2, 0.25) is 0 Å². The number of rotatable bonds is 7. The third kappa shape index (κ3) is 5.76. The number of furan rings is 2. The third-order valence-corrected chi connectivity index (χ3v) is 11.7. The van der Waals surface area contributed by atoms with Crippen LogP contribution in [0, 0.1) is 5.92 Å². The van der Waals surface area contributed by atoms with E-state index < -0.39 is 0 Å². The van der Waals surface area contributed by atoms with E-state index in [0.717, 1.165) is 89.7 Å². The first-order valence-corrected chi connectivity index (χ1v) is 20.0. The van der Waals surface area contributed by atoms with Gasteiger partial charge in [-0.2, -0.15) is 0 Å². The molecule has 0 saturated heterocycles. The number of fused-ring (bicyclic) bond motifs is 6. The van der Waals surface area contributed by atoms with E-state index in [-0.39, 0.29) is 12.0 Å². The molecule has 0 saturated carbocycles. The number of para-hydroxylation sites is 2. The smallest absolute Gasteiger partial charge is 0.155 e. The molecule has 0 spiro atoms. The molecule has 4 heteroatoms. The van der Waals surface area contributed by atoms with E-state index in [4.69, 9.17) is 18.8 Å². The van der Waals surface area contributed by atoms with Crippen LogP contribution >= 0.6 is 0 Å². The lowest BCUT2D eigenvalue weighted by Gasteiger charge is -2.29. The van der Waals surface area contributed by atoms with Crippen LogP contribution in [-0.4, -0.2) is 11.5 Å². The minimum Gasteiger partial charge on any atom is -0.455 e. The van der Waals surface area contributed by atoms with Crippen LogP contribution in [0.15, 0.2) is 207 Å². The monoisotopic (exact) mass is 746 g/mol. The van der Waals surface area contributed by atoms with Gasteiger partial charge in [-0.15, -0.1) is 0 Å². The fourth-order valence-corrected chi connectivity index (χ4v) is 8.84. The molecule has 4 nitrogen and oxygen atoms in total. The summed E-state index contributed by atoms with van der Waals surface area (Å²) >= 11 is 0. The summed E-state index contributed by atoms with van der Waals surface area (Å²) in [4.78, 5) is 10.6. The Kier molecular flexibility index (Phi) is 8.21. The minimum atomic E-state index is -0.0695. The maximum atomic E-state index is 6.79. The van der Waals surface area contributed by atoms with Gasteiger partial charge in [0.15, 0.2) is 5.84 Å². The van der Waals surface area contributed by atoms with Gasteiger partial charge in [-0.05, 0) is 76.2 Å². The van der Waals surface area contributed by atoms with Crippen LogP contribution in [-0.2, 0) is 0 Å². The molecule has 0 radical (unpaired) electrons. The maximum absolute atomic E-state index is 6.79. The van der Waals surface area contributed by atoms with E-state index in [1.165, 1.54) is 22.3 Å². The molecule has 58 heavy (non-hydrogen) atoms. The zero-order chi connectivity index (χ0) is 38.6. The van der Waals surface area contributed by atoms with Crippen molar-refractivity contribution in [3.63, 3.8) is 0 Å². The Bertz CT molecular complexity index is 3210. The fourth-order valence-electron chi connectivity index (χ4n) is 8.84. The van der Waals surface area contributed by atoms with Gasteiger partial charge >= 0.3 is 0 Å². The molecule has 0 fully saturated rings. The first-order chi connectivity index (χ1) is 28.7. The molecule has 3 heterocycles. The van der Waals surface area contributed by atoms with Gasteiger partial charge in [0.2, 0.25) is 0 Å². The second-order valence-corrected chi connectivity index (χ2v) is 15.1. The van der Waals surface area contributed by atoms with Crippen LogP contribution < -0.4 is 0 Å². The average molecular weight is 747 g/mol. The van der Waals surface area contributed by atoms with Gasteiger partial charge in [0.05, 0.1) is 11.8 Å². The van der Waals surface area contributed by atoms with Crippen molar-refractivity contribution in [2.24, 2.45) is 15.9 Å². The second-order valence-electron chi connectivity index (χ2n) is 15.1. The third-order valence-electron chi connectivity index (χ3n) is 11.7. The lowest BCUT2D eigenvalue weighted by Crippen LogP contribution is -2.28. The van der Waals surface area contributed by atoms with E-state index in [0.29, 0.717) is 0 Å². The molecule has 2 atom stereocenters. The Hall–Kier alpha value is -7.30. The second kappa shape index (κ2) is 14.0. The molecule has 0 N–H and O–H groups in total. The quantitative estimate of drug-likeness (QED) is 0.163. The van der Waals surface area contributed by atoms with Gasteiger partial charge in [0.25, 0.3) is 0 Å². The summed E-state index contributed by atoms with van der Waals surface area (Å²) in [6.07, 6.45) is 0.883. The Morgan fingerprint density at radius 1 is 0.431 bits per heavy atom. The topological polar surface area (TPSA) is 51.0 Å². The molecular weight excluding hydrogens is 709 g/mol. The van der Waals surface area contributed by atoms with E-state index in [2.05, 4.69) is 177 Å². The van der Waals surface area contributed by atoms with E-state index >= 15 is 0 Å². The molecule has 1 aliphatic heterocycles. The number of hydrogen-bond donors (Lipinski definition) is 0. The van der Waals surface area contributed by atoms with Crippen molar-refractivity contribution in [1.82, 2.24) is 0 Å². The van der Waals surface area contributed by atoms with Crippen LogP contribution in [0.25, 0.3) is 77.3 Å². The number of aliphatic imine (C=N–C) groups is 2. The molecule has 10 aromatic rings. The average Bonchev–Trinajstić information content (AvgIpc) is 3.87. The van der Waals surface area contributed by atoms with Crippen LogP contribution in [0.1, 0.15) is 36.1 Å². The van der Waals surface area contributed by atoms with Crippen LogP contribution in [0.4, 0.5) is 0 Å². The Morgan fingerprint density at radius 2 is 0.948 bits per heavy atom. The lowest BCUT2D eigenvalue weighted by molar-refractivity contribution is 0.532. The molecule has 2 unspecified atom stereocenters. The van der Waals surface area contributed by atoms with Crippen molar-refractivity contribution in [3.8, 4) is 33.4 Å². The van der Waals surface area contributed by atoms with E-state index in [1.807, 2.05) is 18.2 Å². The predicted molar refractivity (Wildman–Crippen MR) is 240 cm³/mol. The van der Waals surface area contributed by atoms with Crippen molar-refractivity contribution >= 4 is 55.4 Å². The van der Waals surface area contributed by atoms with Crippen molar-refractivity contribution in [2.75, 3.05) is 0 Å². The van der Waals surface area contributed by atoms with Gasteiger partial charge in [-0.3, -0.25) is 4.99 Å². The summed E-state index contributed by atoms with van der Waals surface area (Å²) in [5.74, 6) is 0.819. The summed E-state index contributed by atoms with van der Waals surface area (Å²) < 4.78 is 13.5. The molecule has 0 amide bonds. The summed E-state index contributed by atoms with van der Waals surface area (Å²) in [6, 6.07) is 66.0. The number of hydrogen-bond acceptors (Lipinski definition) is 4. The van der Waals surface area contributed by atoms with Crippen LogP contribution in [0.5, 0.6) is 0 Å². The molecular formula is C54H38N2O2. The zero-order valence-electron chi connectivity index (χ0n) is 32.0. The van der Waals surface area contributed by atoms with Gasteiger partial charge in [0.1, 0.15) is 22.3 Å². The van der Waals surface area contributed by atoms with E-state index in [1.54, 1.807) is 0 Å². The summed E-state index contributed by atoms with van der Waals surface area (Å²) in [7, 11) is 0. The summed E-state index contributed by atoms with van der Waals surface area (Å²) in [5.41, 5.74) is 14.5. The highest BCUT2D eigenvalue weighted by Gasteiger charge is 2.33. The minimum absolute atomic E-state index is 0.0695. The molecule has 0 aliphatic carbocycles. The molecule has 11 rings (SSSR count). The SMILES string of the molecule is CCC1C(c2cccc3c2oc2ccc(-c4cccc5c4oc4ccc(-c6cccc(-c7ccccc7)c6)cc45)cc23)=NC(c2ccccc2)=NC1c1ccccc1. The number of nitrogens with zero attached hydrogens (tertiary/aromatic N) is 2. The van der Waals surface area contributed by atoms with Gasteiger partial charge in [-0.1, -0.05) is 159 Å². The van der Waals surface area contributed by atoms with E-state index in [9.17, 15) is 0 Å². The number of benzene rings is 8. The molecule has 0 bridgehead atoms. The predicted octanol–water partition coefficient (Wildman–Crippen LogP) is 14.5. The highest BCUT2D eigenvalue weighted by Crippen LogP contribution is 2.42. The fraction of sp³-hybridized carbons (Fsp3) is 0.0741. The van der Waals surface area contributed by atoms with Crippen molar-refractivity contribution < 1.29 is 8.83 Å². The molecule has 276 valence electrons. The summed E-state index contributed by atoms with van der Waals surface area (Å²) in [6.45, 7) is 2.23. The van der Waals surface area contributed by atoms with Crippen molar-refractivity contribution in [3.05, 3.63) is 205 Å². The number of amidine groups is 1. The molecule has 8 aromatic carbocycles. The molecule has 2 aromatic heterocycles. The van der Waals surface area contributed by atoms with Gasteiger partial charge in [-0.25, -0.2) is 4.99 Å². The standard InChI is InChI=1S/C54H38N2O2/c1-2-41-50(35-17-8-4-9-18-35)55-54(36-19-10-5-11-20-36)56-51(41)45-26-14-25-44-47-33-40(28-30-49(47)58-53(44)45)42-23-13-24-43-46-32-39(27-29-48(46)57-52(42)43)38-22-12-21-37(31-38)34-15-6-3-7-16-34/h3-33,41,50H,2H2,1H3. The highest BCUT2D eigenvalue weighted by molar-refractivity contribution is 6.21. The van der Waals surface area contributed by atoms with Crippen molar-refractivity contribution in [2.45, 2.75) is 19.4 Å². The largest absolute Gasteiger partial charge is 0.455 e. The highest BCUT2D eigenvalue weighted by atomic mass is 16.3. The first kappa shape index (κ1) is 34.0. The first-order valence-electron chi connectivity index (χ1n) is 20.0.